The van der Waals surface area contributed by atoms with Crippen LogP contribution in [-0.4, -0.2) is 17.6 Å². The van der Waals surface area contributed by atoms with Crippen LogP contribution in [0.1, 0.15) is 43.6 Å². The maximum absolute atomic E-state index is 10.9. The Hall–Kier alpha value is -1.51. The second-order valence-corrected chi connectivity index (χ2v) is 5.83. The summed E-state index contributed by atoms with van der Waals surface area (Å²) < 4.78 is 0. The first-order chi connectivity index (χ1) is 8.24. The van der Waals surface area contributed by atoms with E-state index in [2.05, 4.69) is 33.0 Å². The summed E-state index contributed by atoms with van der Waals surface area (Å²) >= 11 is 0. The van der Waals surface area contributed by atoms with E-state index in [9.17, 15) is 4.79 Å². The molecule has 2 N–H and O–H groups in total. The predicted molar refractivity (Wildman–Crippen MR) is 75.2 cm³/mol. The highest BCUT2D eigenvalue weighted by atomic mass is 16.4. The third kappa shape index (κ3) is 3.49. The van der Waals surface area contributed by atoms with Crippen molar-refractivity contribution >= 4 is 11.7 Å². The summed E-state index contributed by atoms with van der Waals surface area (Å²) in [5.41, 5.74) is 2.52. The van der Waals surface area contributed by atoms with Gasteiger partial charge in [0.2, 0.25) is 0 Å². The lowest BCUT2D eigenvalue weighted by molar-refractivity contribution is 0.0697. The van der Waals surface area contributed by atoms with Gasteiger partial charge in [-0.1, -0.05) is 27.7 Å². The molecule has 1 rings (SSSR count). The van der Waals surface area contributed by atoms with Gasteiger partial charge in [-0.05, 0) is 42.0 Å². The molecule has 100 valence electrons. The van der Waals surface area contributed by atoms with Crippen LogP contribution in [0.2, 0.25) is 0 Å². The van der Waals surface area contributed by atoms with Crippen LogP contribution in [0.5, 0.6) is 0 Å². The molecule has 0 atom stereocenters. The number of carboxylic acids is 1. The molecule has 0 fully saturated rings. The average Bonchev–Trinajstić information content (AvgIpc) is 2.26. The van der Waals surface area contributed by atoms with Crippen molar-refractivity contribution in [2.24, 2.45) is 11.3 Å². The van der Waals surface area contributed by atoms with Crippen molar-refractivity contribution < 1.29 is 9.90 Å². The van der Waals surface area contributed by atoms with Gasteiger partial charge < -0.3 is 10.4 Å². The molecule has 0 heterocycles. The van der Waals surface area contributed by atoms with E-state index < -0.39 is 5.97 Å². The fraction of sp³-hybridized carbons (Fsp3) is 0.533. The molecule has 0 aliphatic carbocycles. The first-order valence-electron chi connectivity index (χ1n) is 6.32. The third-order valence-electron chi connectivity index (χ3n) is 3.77. The van der Waals surface area contributed by atoms with Crippen molar-refractivity contribution in [3.05, 3.63) is 29.3 Å². The minimum absolute atomic E-state index is 0.206. The molecule has 3 nitrogen and oxygen atoms in total. The molecule has 1 aromatic rings. The molecule has 0 aliphatic rings. The smallest absolute Gasteiger partial charge is 0.335 e. The standard InChI is InChI=1S/C15H23NO2/c1-10(2)15(4,5)9-16-13-7-6-12(14(17)18)8-11(13)3/h6-8,10,16H,9H2,1-5H3,(H,17,18). The van der Waals surface area contributed by atoms with E-state index in [1.807, 2.05) is 13.0 Å². The molecule has 0 unspecified atom stereocenters. The lowest BCUT2D eigenvalue weighted by Gasteiger charge is -2.30. The number of anilines is 1. The van der Waals surface area contributed by atoms with Crippen LogP contribution >= 0.6 is 0 Å². The number of nitrogens with one attached hydrogen (secondary N) is 1. The van der Waals surface area contributed by atoms with Crippen molar-refractivity contribution in [2.75, 3.05) is 11.9 Å². The van der Waals surface area contributed by atoms with Crippen molar-refractivity contribution in [1.82, 2.24) is 0 Å². The molecule has 0 spiro atoms. The zero-order chi connectivity index (χ0) is 13.9. The number of aromatic carboxylic acids is 1. The summed E-state index contributed by atoms with van der Waals surface area (Å²) in [5.74, 6) is -0.296. The average molecular weight is 249 g/mol. The number of benzene rings is 1. The number of hydrogen-bond donors (Lipinski definition) is 2. The summed E-state index contributed by atoms with van der Waals surface area (Å²) in [6.07, 6.45) is 0. The highest BCUT2D eigenvalue weighted by Crippen LogP contribution is 2.27. The maximum atomic E-state index is 10.9. The van der Waals surface area contributed by atoms with Gasteiger partial charge in [0.15, 0.2) is 0 Å². The molecule has 0 saturated heterocycles. The summed E-state index contributed by atoms with van der Waals surface area (Å²) in [7, 11) is 0. The van der Waals surface area contributed by atoms with E-state index in [0.717, 1.165) is 17.8 Å². The predicted octanol–water partition coefficient (Wildman–Crippen LogP) is 3.79. The Labute approximate surface area is 109 Å². The Morgan fingerprint density at radius 1 is 1.39 bits per heavy atom. The van der Waals surface area contributed by atoms with Crippen molar-refractivity contribution in [1.29, 1.82) is 0 Å². The van der Waals surface area contributed by atoms with Crippen LogP contribution in [0.4, 0.5) is 5.69 Å². The SMILES string of the molecule is Cc1cc(C(=O)O)ccc1NCC(C)(C)C(C)C. The molecule has 0 amide bonds. The molecule has 0 bridgehead atoms. The summed E-state index contributed by atoms with van der Waals surface area (Å²) in [5, 5.41) is 12.3. The van der Waals surface area contributed by atoms with Gasteiger partial charge in [-0.2, -0.15) is 0 Å². The Balaban J connectivity index is 2.78. The second-order valence-electron chi connectivity index (χ2n) is 5.83. The van der Waals surface area contributed by atoms with E-state index in [-0.39, 0.29) is 5.41 Å². The number of hydrogen-bond acceptors (Lipinski definition) is 2. The van der Waals surface area contributed by atoms with Gasteiger partial charge in [-0.25, -0.2) is 4.79 Å². The second kappa shape index (κ2) is 5.42. The Morgan fingerprint density at radius 3 is 2.44 bits per heavy atom. The number of aryl methyl sites for hydroxylation is 1. The van der Waals surface area contributed by atoms with E-state index in [1.165, 1.54) is 0 Å². The van der Waals surface area contributed by atoms with Crippen LogP contribution in [0.15, 0.2) is 18.2 Å². The Morgan fingerprint density at radius 2 is 2.00 bits per heavy atom. The van der Waals surface area contributed by atoms with Gasteiger partial charge in [0.05, 0.1) is 5.56 Å². The first-order valence-corrected chi connectivity index (χ1v) is 6.32. The molecule has 0 aromatic heterocycles. The highest BCUT2D eigenvalue weighted by Gasteiger charge is 2.22. The fourth-order valence-electron chi connectivity index (χ4n) is 1.52. The summed E-state index contributed by atoms with van der Waals surface area (Å²) in [6, 6.07) is 5.18. The Kier molecular flexibility index (Phi) is 4.38. The number of rotatable bonds is 5. The van der Waals surface area contributed by atoms with E-state index >= 15 is 0 Å². The first kappa shape index (κ1) is 14.6. The maximum Gasteiger partial charge on any atom is 0.335 e. The normalized spacial score (nSPS) is 11.7. The lowest BCUT2D eigenvalue weighted by Crippen LogP contribution is -2.28. The van der Waals surface area contributed by atoms with Crippen molar-refractivity contribution in [3.63, 3.8) is 0 Å². The topological polar surface area (TPSA) is 49.3 Å². The molecular formula is C15H23NO2. The van der Waals surface area contributed by atoms with E-state index in [1.54, 1.807) is 12.1 Å². The zero-order valence-electron chi connectivity index (χ0n) is 11.9. The van der Waals surface area contributed by atoms with Crippen molar-refractivity contribution in [3.8, 4) is 0 Å². The van der Waals surface area contributed by atoms with E-state index in [4.69, 9.17) is 5.11 Å². The van der Waals surface area contributed by atoms with Crippen LogP contribution in [0.25, 0.3) is 0 Å². The quantitative estimate of drug-likeness (QED) is 0.834. The number of carboxylic acid groups (broad SMARTS) is 1. The molecule has 1 aromatic carbocycles. The van der Waals surface area contributed by atoms with Gasteiger partial charge in [0.1, 0.15) is 0 Å². The lowest BCUT2D eigenvalue weighted by atomic mass is 9.81. The largest absolute Gasteiger partial charge is 0.478 e. The molecule has 18 heavy (non-hydrogen) atoms. The van der Waals surface area contributed by atoms with E-state index in [0.29, 0.717) is 11.5 Å². The van der Waals surface area contributed by atoms with Gasteiger partial charge in [-0.15, -0.1) is 0 Å². The molecule has 3 heteroatoms. The molecule has 0 saturated carbocycles. The fourth-order valence-corrected chi connectivity index (χ4v) is 1.52. The Bertz CT molecular complexity index is 436. The van der Waals surface area contributed by atoms with Gasteiger partial charge >= 0.3 is 5.97 Å². The molecule has 0 aliphatic heterocycles. The molecular weight excluding hydrogens is 226 g/mol. The molecule has 0 radical (unpaired) electrons. The number of carbonyl (C=O) groups is 1. The van der Waals surface area contributed by atoms with Crippen LogP contribution < -0.4 is 5.32 Å². The summed E-state index contributed by atoms with van der Waals surface area (Å²) in [4.78, 5) is 10.9. The van der Waals surface area contributed by atoms with Crippen LogP contribution in [0.3, 0.4) is 0 Å². The minimum Gasteiger partial charge on any atom is -0.478 e. The summed E-state index contributed by atoms with van der Waals surface area (Å²) in [6.45, 7) is 11.7. The minimum atomic E-state index is -0.882. The van der Waals surface area contributed by atoms with Crippen LogP contribution in [-0.2, 0) is 0 Å². The monoisotopic (exact) mass is 249 g/mol. The van der Waals surface area contributed by atoms with Crippen LogP contribution in [0, 0.1) is 18.3 Å². The van der Waals surface area contributed by atoms with Crippen molar-refractivity contribution in [2.45, 2.75) is 34.6 Å². The van der Waals surface area contributed by atoms with Gasteiger partial charge in [-0.3, -0.25) is 0 Å². The third-order valence-corrected chi connectivity index (χ3v) is 3.77. The van der Waals surface area contributed by atoms with Gasteiger partial charge in [0.25, 0.3) is 0 Å². The highest BCUT2D eigenvalue weighted by molar-refractivity contribution is 5.88. The van der Waals surface area contributed by atoms with Gasteiger partial charge in [0, 0.05) is 12.2 Å². The zero-order valence-corrected chi connectivity index (χ0v) is 11.9.